The molecule has 1 atom stereocenters. The van der Waals surface area contributed by atoms with Gasteiger partial charge in [0.25, 0.3) is 5.91 Å². The van der Waals surface area contributed by atoms with Gasteiger partial charge in [-0.2, -0.15) is 0 Å². The lowest BCUT2D eigenvalue weighted by atomic mass is 9.84. The number of hydrogen-bond acceptors (Lipinski definition) is 4. The van der Waals surface area contributed by atoms with E-state index in [2.05, 4.69) is 10.2 Å². The molecule has 158 valence electrons. The minimum absolute atomic E-state index is 0.0921. The first kappa shape index (κ1) is 20.3. The highest BCUT2D eigenvalue weighted by atomic mass is 35.5. The minimum atomic E-state index is -0.181. The summed E-state index contributed by atoms with van der Waals surface area (Å²) in [5.74, 6) is 0.792. The molecule has 4 aliphatic rings. The largest absolute Gasteiger partial charge is 0.489 e. The first-order chi connectivity index (χ1) is 14.0. The zero-order valence-corrected chi connectivity index (χ0v) is 17.9. The molecule has 4 aliphatic heterocycles. The second-order valence-corrected chi connectivity index (χ2v) is 8.41. The molecule has 5 rings (SSSR count). The second kappa shape index (κ2) is 8.40. The highest BCUT2D eigenvalue weighted by Crippen LogP contribution is 2.39. The third-order valence-electron chi connectivity index (χ3n) is 6.37. The molecule has 3 amide bonds. The number of piperidine rings is 3. The number of urea groups is 1. The van der Waals surface area contributed by atoms with Gasteiger partial charge in [-0.3, -0.25) is 9.69 Å². The van der Waals surface area contributed by atoms with E-state index in [4.69, 9.17) is 16.3 Å². The van der Waals surface area contributed by atoms with Crippen molar-refractivity contribution in [3.05, 3.63) is 22.7 Å². The van der Waals surface area contributed by atoms with Crippen molar-refractivity contribution in [2.45, 2.75) is 32.7 Å². The van der Waals surface area contributed by atoms with Gasteiger partial charge in [0.15, 0.2) is 5.75 Å². The van der Waals surface area contributed by atoms with Crippen LogP contribution >= 0.6 is 11.6 Å². The Labute approximate surface area is 176 Å². The zero-order chi connectivity index (χ0) is 20.5. The smallest absolute Gasteiger partial charge is 0.324 e. The fourth-order valence-electron chi connectivity index (χ4n) is 4.70. The van der Waals surface area contributed by atoms with Crippen LogP contribution in [0.2, 0.25) is 5.02 Å². The van der Waals surface area contributed by atoms with Crippen LogP contribution in [0.3, 0.4) is 0 Å². The monoisotopic (exact) mass is 420 g/mol. The summed E-state index contributed by atoms with van der Waals surface area (Å²) in [5, 5.41) is 3.62. The lowest BCUT2D eigenvalue weighted by Crippen LogP contribution is -2.57. The first-order valence-corrected chi connectivity index (χ1v) is 11.0. The van der Waals surface area contributed by atoms with Gasteiger partial charge in [-0.15, -0.1) is 0 Å². The van der Waals surface area contributed by atoms with Crippen molar-refractivity contribution in [3.63, 3.8) is 0 Å². The quantitative estimate of drug-likeness (QED) is 0.813. The van der Waals surface area contributed by atoms with Gasteiger partial charge in [0.1, 0.15) is 6.61 Å². The van der Waals surface area contributed by atoms with Crippen molar-refractivity contribution in [1.29, 1.82) is 0 Å². The van der Waals surface area contributed by atoms with Crippen LogP contribution in [0.1, 0.15) is 37.0 Å². The van der Waals surface area contributed by atoms with E-state index < -0.39 is 0 Å². The number of halogens is 1. The standard InChI is InChI=1S/C21H29ClN4O3/c1-3-25(4-2)21(28)26-9-10-29-19-16(11-15(22)12-18(19)26)20(27)23-17-13-24-7-5-14(17)6-8-24/h11-12,14,17H,3-10,13H2,1-2H3,(H,23,27). The van der Waals surface area contributed by atoms with Gasteiger partial charge in [0.05, 0.1) is 17.8 Å². The molecule has 0 radical (unpaired) electrons. The number of benzene rings is 1. The number of ether oxygens (including phenoxy) is 1. The van der Waals surface area contributed by atoms with E-state index >= 15 is 0 Å². The normalized spacial score (nSPS) is 25.2. The number of anilines is 1. The lowest BCUT2D eigenvalue weighted by molar-refractivity contribution is 0.0618. The van der Waals surface area contributed by atoms with Crippen LogP contribution in [-0.4, -0.2) is 73.7 Å². The minimum Gasteiger partial charge on any atom is -0.489 e. The average Bonchev–Trinajstić information content (AvgIpc) is 2.74. The van der Waals surface area contributed by atoms with Gasteiger partial charge in [0.2, 0.25) is 0 Å². The molecule has 0 aliphatic carbocycles. The number of rotatable bonds is 4. The predicted octanol–water partition coefficient (Wildman–Crippen LogP) is 2.82. The Balaban J connectivity index is 1.60. The highest BCUT2D eigenvalue weighted by molar-refractivity contribution is 6.31. The molecule has 0 aromatic heterocycles. The zero-order valence-electron chi connectivity index (χ0n) is 17.1. The number of amides is 3. The van der Waals surface area contributed by atoms with Crippen LogP contribution in [-0.2, 0) is 0 Å². The van der Waals surface area contributed by atoms with Crippen molar-refractivity contribution in [3.8, 4) is 5.75 Å². The summed E-state index contributed by atoms with van der Waals surface area (Å²) >= 11 is 6.35. The van der Waals surface area contributed by atoms with E-state index in [-0.39, 0.29) is 18.0 Å². The molecule has 1 aromatic carbocycles. The summed E-state index contributed by atoms with van der Waals surface area (Å²) in [7, 11) is 0. The summed E-state index contributed by atoms with van der Waals surface area (Å²) in [4.78, 5) is 31.9. The van der Waals surface area contributed by atoms with Crippen molar-refractivity contribution in [1.82, 2.24) is 15.1 Å². The van der Waals surface area contributed by atoms with Crippen molar-refractivity contribution in [2.75, 3.05) is 50.8 Å². The number of carbonyl (C=O) groups excluding carboxylic acids is 2. The summed E-state index contributed by atoms with van der Waals surface area (Å²) in [6.07, 6.45) is 2.25. The first-order valence-electron chi connectivity index (χ1n) is 10.6. The SMILES string of the molecule is CCN(CC)C(=O)N1CCOc2c(C(=O)NC3CN4CCC3CC4)cc(Cl)cc21. The van der Waals surface area contributed by atoms with E-state index in [1.54, 1.807) is 21.9 Å². The Morgan fingerprint density at radius 1 is 1.21 bits per heavy atom. The van der Waals surface area contributed by atoms with Gasteiger partial charge < -0.3 is 19.9 Å². The van der Waals surface area contributed by atoms with E-state index in [9.17, 15) is 9.59 Å². The third-order valence-corrected chi connectivity index (χ3v) is 6.59. The Kier molecular flexibility index (Phi) is 5.88. The molecule has 2 bridgehead atoms. The predicted molar refractivity (Wildman–Crippen MR) is 113 cm³/mol. The molecule has 4 heterocycles. The Morgan fingerprint density at radius 2 is 1.93 bits per heavy atom. The molecule has 7 nitrogen and oxygen atoms in total. The van der Waals surface area contributed by atoms with Crippen LogP contribution in [0.4, 0.5) is 10.5 Å². The molecule has 8 heteroatoms. The number of hydrogen-bond donors (Lipinski definition) is 1. The maximum absolute atomic E-state index is 13.2. The molecule has 0 saturated carbocycles. The van der Waals surface area contributed by atoms with Crippen LogP contribution in [0.15, 0.2) is 12.1 Å². The molecule has 0 spiro atoms. The van der Waals surface area contributed by atoms with E-state index in [0.717, 1.165) is 32.5 Å². The van der Waals surface area contributed by atoms with Gasteiger partial charge in [-0.25, -0.2) is 4.79 Å². The van der Waals surface area contributed by atoms with Gasteiger partial charge in [-0.05, 0) is 57.8 Å². The summed E-state index contributed by atoms with van der Waals surface area (Å²) in [5.41, 5.74) is 0.973. The van der Waals surface area contributed by atoms with Crippen molar-refractivity contribution in [2.24, 2.45) is 5.92 Å². The number of carbonyl (C=O) groups is 2. The summed E-state index contributed by atoms with van der Waals surface area (Å²) in [6, 6.07) is 3.41. The van der Waals surface area contributed by atoms with Gasteiger partial charge >= 0.3 is 6.03 Å². The Bertz CT molecular complexity index is 790. The third kappa shape index (κ3) is 3.90. The second-order valence-electron chi connectivity index (χ2n) is 7.97. The molecular formula is C21H29ClN4O3. The van der Waals surface area contributed by atoms with Crippen LogP contribution in [0.5, 0.6) is 5.75 Å². The molecular weight excluding hydrogens is 392 g/mol. The summed E-state index contributed by atoms with van der Waals surface area (Å²) < 4.78 is 5.87. The van der Waals surface area contributed by atoms with Gasteiger partial charge in [0, 0.05) is 30.7 Å². The van der Waals surface area contributed by atoms with Crippen molar-refractivity contribution >= 4 is 29.2 Å². The highest BCUT2D eigenvalue weighted by Gasteiger charge is 2.36. The molecule has 1 aromatic rings. The Morgan fingerprint density at radius 3 is 2.55 bits per heavy atom. The van der Waals surface area contributed by atoms with E-state index in [1.165, 1.54) is 0 Å². The van der Waals surface area contributed by atoms with Crippen LogP contribution in [0, 0.1) is 5.92 Å². The fraction of sp³-hybridized carbons (Fsp3) is 0.619. The summed E-state index contributed by atoms with van der Waals surface area (Å²) in [6.45, 7) is 9.06. The number of fused-ring (bicyclic) bond motifs is 4. The number of nitrogens with zero attached hydrogens (tertiary/aromatic N) is 3. The van der Waals surface area contributed by atoms with Crippen molar-refractivity contribution < 1.29 is 14.3 Å². The molecule has 1 unspecified atom stereocenters. The molecule has 29 heavy (non-hydrogen) atoms. The van der Waals surface area contributed by atoms with E-state index in [1.807, 2.05) is 13.8 Å². The topological polar surface area (TPSA) is 65.1 Å². The molecule has 3 fully saturated rings. The number of nitrogens with one attached hydrogen (secondary N) is 1. The maximum Gasteiger partial charge on any atom is 0.324 e. The van der Waals surface area contributed by atoms with Crippen LogP contribution in [0.25, 0.3) is 0 Å². The maximum atomic E-state index is 13.2. The average molecular weight is 421 g/mol. The van der Waals surface area contributed by atoms with Crippen LogP contribution < -0.4 is 15.0 Å². The molecule has 3 saturated heterocycles. The Hall–Kier alpha value is -1.99. The van der Waals surface area contributed by atoms with E-state index in [0.29, 0.717) is 54.2 Å². The molecule has 1 N–H and O–H groups in total. The fourth-order valence-corrected chi connectivity index (χ4v) is 4.91. The van der Waals surface area contributed by atoms with Gasteiger partial charge in [-0.1, -0.05) is 11.6 Å². The lowest BCUT2D eigenvalue weighted by Gasteiger charge is -2.45.